The van der Waals surface area contributed by atoms with Gasteiger partial charge >= 0.3 is 11.9 Å². The van der Waals surface area contributed by atoms with Gasteiger partial charge in [-0.05, 0) is 30.4 Å². The molecule has 3 aliphatic heterocycles. The SMILES string of the molecule is NC(=O)N1C(=O)C2C(C1=O)C1C=C(CCCO)C2C(c2cccs2)N1Cc1ccc([N+](=O)[O-])o1. The Morgan fingerprint density at radius 1 is 1.21 bits per heavy atom. The third-order valence-electron chi connectivity index (χ3n) is 6.89. The number of fused-ring (bicyclic) bond motifs is 1. The molecule has 0 radical (unpaired) electrons. The minimum atomic E-state index is -1.10. The second kappa shape index (κ2) is 8.46. The van der Waals surface area contributed by atoms with Gasteiger partial charge in [-0.2, -0.15) is 4.90 Å². The number of hydrogen-bond acceptors (Lipinski definition) is 9. The first kappa shape index (κ1) is 22.4. The van der Waals surface area contributed by atoms with E-state index >= 15 is 0 Å². The van der Waals surface area contributed by atoms with Crippen LogP contribution in [0.5, 0.6) is 0 Å². The van der Waals surface area contributed by atoms with E-state index < -0.39 is 46.6 Å². The summed E-state index contributed by atoms with van der Waals surface area (Å²) in [6, 6.07) is 4.67. The molecular weight excluding hydrogens is 464 g/mol. The van der Waals surface area contributed by atoms with Gasteiger partial charge in [0.2, 0.25) is 11.8 Å². The van der Waals surface area contributed by atoms with Crippen LogP contribution in [0.4, 0.5) is 10.7 Å². The second-order valence-corrected chi connectivity index (χ2v) is 9.60. The molecule has 2 bridgehead atoms. The molecule has 6 rings (SSSR count). The van der Waals surface area contributed by atoms with Gasteiger partial charge in [0.15, 0.2) is 0 Å². The van der Waals surface area contributed by atoms with Crippen molar-refractivity contribution in [1.82, 2.24) is 9.80 Å². The zero-order chi connectivity index (χ0) is 24.1. The standard InChI is InChI=1S/C22H22N4O7S/c23-22(30)25-20(28)17-13-9-11(3-1-7-27)16(18(17)21(25)29)19(14-4-2-8-34-14)24(13)10-12-5-6-15(33-12)26(31)32/h2,4-6,8-9,13,16-19,27H,1,3,7,10H2,(H2,23,30). The summed E-state index contributed by atoms with van der Waals surface area (Å²) in [5.41, 5.74) is 6.33. The highest BCUT2D eigenvalue weighted by Crippen LogP contribution is 2.57. The fourth-order valence-corrected chi connectivity index (χ4v) is 6.58. The van der Waals surface area contributed by atoms with Gasteiger partial charge in [0.05, 0.1) is 30.5 Å². The number of carbonyl (C=O) groups is 3. The topological polar surface area (TPSA) is 160 Å². The number of imide groups is 3. The molecule has 4 aliphatic rings. The normalized spacial score (nSPS) is 28.3. The van der Waals surface area contributed by atoms with E-state index in [-0.39, 0.29) is 25.1 Å². The molecule has 2 aromatic heterocycles. The molecule has 0 saturated carbocycles. The molecule has 2 fully saturated rings. The fourth-order valence-electron chi connectivity index (χ4n) is 5.69. The molecule has 0 spiro atoms. The van der Waals surface area contributed by atoms with Crippen LogP contribution in [0.3, 0.4) is 0 Å². The van der Waals surface area contributed by atoms with Gasteiger partial charge in [0.25, 0.3) is 0 Å². The first-order chi connectivity index (χ1) is 16.3. The maximum atomic E-state index is 13.3. The molecule has 5 heterocycles. The van der Waals surface area contributed by atoms with Gasteiger partial charge in [-0.3, -0.25) is 24.6 Å². The Hall–Kier alpha value is -3.35. The highest BCUT2D eigenvalue weighted by atomic mass is 32.1. The lowest BCUT2D eigenvalue weighted by molar-refractivity contribution is -0.402. The van der Waals surface area contributed by atoms with Crippen molar-refractivity contribution in [3.63, 3.8) is 0 Å². The zero-order valence-corrected chi connectivity index (χ0v) is 18.7. The van der Waals surface area contributed by atoms with Crippen molar-refractivity contribution >= 4 is 35.1 Å². The number of aliphatic hydroxyl groups is 1. The number of aliphatic hydroxyl groups excluding tert-OH is 1. The molecule has 12 heteroatoms. The summed E-state index contributed by atoms with van der Waals surface area (Å²) in [6.07, 6.45) is 2.98. The number of rotatable bonds is 7. The number of hydrogen-bond donors (Lipinski definition) is 2. The summed E-state index contributed by atoms with van der Waals surface area (Å²) < 4.78 is 5.40. The summed E-state index contributed by atoms with van der Waals surface area (Å²) in [5, 5.41) is 22.4. The van der Waals surface area contributed by atoms with Crippen LogP contribution < -0.4 is 5.73 Å². The van der Waals surface area contributed by atoms with Crippen LogP contribution in [-0.2, 0) is 16.1 Å². The molecule has 5 atom stereocenters. The number of amides is 4. The fraction of sp³-hybridized carbons (Fsp3) is 0.409. The predicted molar refractivity (Wildman–Crippen MR) is 118 cm³/mol. The van der Waals surface area contributed by atoms with Crippen LogP contribution in [0.15, 0.2) is 45.7 Å². The van der Waals surface area contributed by atoms with E-state index in [1.807, 2.05) is 28.5 Å². The van der Waals surface area contributed by atoms with Crippen molar-refractivity contribution in [2.45, 2.75) is 31.5 Å². The number of nitrogens with two attached hydrogens (primary N) is 1. The van der Waals surface area contributed by atoms with Crippen LogP contribution in [0, 0.1) is 27.9 Å². The van der Waals surface area contributed by atoms with E-state index in [0.717, 1.165) is 10.5 Å². The largest absolute Gasteiger partial charge is 0.433 e. The molecule has 11 nitrogen and oxygen atoms in total. The van der Waals surface area contributed by atoms with E-state index in [4.69, 9.17) is 10.2 Å². The Labute approximate surface area is 197 Å². The lowest BCUT2D eigenvalue weighted by Gasteiger charge is -2.54. The molecule has 178 valence electrons. The third-order valence-corrected chi connectivity index (χ3v) is 7.83. The Balaban J connectivity index is 1.62. The quantitative estimate of drug-likeness (QED) is 0.261. The number of piperidine rings is 1. The van der Waals surface area contributed by atoms with Crippen molar-refractivity contribution in [2.24, 2.45) is 23.5 Å². The zero-order valence-electron chi connectivity index (χ0n) is 17.9. The first-order valence-corrected chi connectivity index (χ1v) is 11.7. The number of carbonyl (C=O) groups excluding carboxylic acids is 3. The van der Waals surface area contributed by atoms with Gasteiger partial charge < -0.3 is 15.3 Å². The Morgan fingerprint density at radius 2 is 1.97 bits per heavy atom. The number of nitrogens with zero attached hydrogens (tertiary/aromatic N) is 3. The number of thiophene rings is 1. The molecule has 34 heavy (non-hydrogen) atoms. The van der Waals surface area contributed by atoms with Crippen molar-refractivity contribution in [3.8, 4) is 0 Å². The smallest absolute Gasteiger partial charge is 0.404 e. The number of primary amides is 1. The molecule has 3 N–H and O–H groups in total. The summed E-state index contributed by atoms with van der Waals surface area (Å²) in [5.74, 6) is -3.23. The van der Waals surface area contributed by atoms with Crippen molar-refractivity contribution in [2.75, 3.05) is 6.61 Å². The third kappa shape index (κ3) is 3.37. The molecular formula is C22H22N4O7S. The van der Waals surface area contributed by atoms with E-state index in [0.29, 0.717) is 23.5 Å². The van der Waals surface area contributed by atoms with E-state index in [9.17, 15) is 29.6 Å². The van der Waals surface area contributed by atoms with E-state index in [1.165, 1.54) is 23.5 Å². The van der Waals surface area contributed by atoms with Gasteiger partial charge in [0.1, 0.15) is 10.7 Å². The van der Waals surface area contributed by atoms with Crippen LogP contribution in [0.1, 0.15) is 29.5 Å². The van der Waals surface area contributed by atoms with Gasteiger partial charge in [-0.1, -0.05) is 17.7 Å². The molecule has 5 unspecified atom stereocenters. The van der Waals surface area contributed by atoms with Crippen LogP contribution in [-0.4, -0.2) is 50.3 Å². The summed E-state index contributed by atoms with van der Waals surface area (Å²) in [6.45, 7) is 0.148. The number of nitro groups is 1. The Morgan fingerprint density at radius 3 is 2.59 bits per heavy atom. The molecule has 0 aromatic carbocycles. The van der Waals surface area contributed by atoms with Crippen LogP contribution in [0.2, 0.25) is 0 Å². The molecule has 1 aliphatic carbocycles. The van der Waals surface area contributed by atoms with Crippen molar-refractivity contribution in [3.05, 3.63) is 62.0 Å². The van der Waals surface area contributed by atoms with Gasteiger partial charge in [-0.25, -0.2) is 4.79 Å². The Bertz CT molecular complexity index is 1190. The minimum absolute atomic E-state index is 0.0213. The lowest BCUT2D eigenvalue weighted by atomic mass is 9.62. The number of urea groups is 1. The number of furan rings is 1. The van der Waals surface area contributed by atoms with E-state index in [1.54, 1.807) is 0 Å². The summed E-state index contributed by atoms with van der Waals surface area (Å²) in [4.78, 5) is 52.4. The monoisotopic (exact) mass is 486 g/mol. The first-order valence-electron chi connectivity index (χ1n) is 10.8. The minimum Gasteiger partial charge on any atom is -0.404 e. The van der Waals surface area contributed by atoms with Crippen molar-refractivity contribution < 1.29 is 28.8 Å². The molecule has 4 amide bonds. The maximum Gasteiger partial charge on any atom is 0.433 e. The lowest BCUT2D eigenvalue weighted by Crippen LogP contribution is -2.58. The predicted octanol–water partition coefficient (Wildman–Crippen LogP) is 2.18. The maximum absolute atomic E-state index is 13.3. The van der Waals surface area contributed by atoms with Crippen LogP contribution in [0.25, 0.3) is 0 Å². The van der Waals surface area contributed by atoms with Gasteiger partial charge in [0, 0.05) is 23.4 Å². The average Bonchev–Trinajstić information content (AvgIpc) is 3.53. The van der Waals surface area contributed by atoms with Gasteiger partial charge in [-0.15, -0.1) is 11.3 Å². The van der Waals surface area contributed by atoms with E-state index in [2.05, 4.69) is 0 Å². The Kier molecular flexibility index (Phi) is 5.58. The highest BCUT2D eigenvalue weighted by Gasteiger charge is 2.64. The second-order valence-electron chi connectivity index (χ2n) is 8.62. The molecule has 2 aromatic rings. The number of likely N-dealkylation sites (tertiary alicyclic amines) is 1. The average molecular weight is 487 g/mol. The van der Waals surface area contributed by atoms with Crippen LogP contribution >= 0.6 is 11.3 Å². The van der Waals surface area contributed by atoms with Crippen molar-refractivity contribution in [1.29, 1.82) is 0 Å². The highest BCUT2D eigenvalue weighted by molar-refractivity contribution is 7.10. The molecule has 2 saturated heterocycles. The summed E-state index contributed by atoms with van der Waals surface area (Å²) in [7, 11) is 0. The summed E-state index contributed by atoms with van der Waals surface area (Å²) >= 11 is 1.50.